The molecule has 0 saturated carbocycles. The van der Waals surface area contributed by atoms with Crippen molar-refractivity contribution in [2.24, 2.45) is 5.41 Å². The molecular weight excluding hydrogens is 212 g/mol. The third-order valence-corrected chi connectivity index (χ3v) is 2.52. The van der Waals surface area contributed by atoms with Crippen LogP contribution in [0.2, 0.25) is 0 Å². The second-order valence-electron chi connectivity index (χ2n) is 5.94. The summed E-state index contributed by atoms with van der Waals surface area (Å²) in [5.74, 6) is 0. The van der Waals surface area contributed by atoms with E-state index in [1.807, 2.05) is 31.3 Å². The van der Waals surface area contributed by atoms with Crippen molar-refractivity contribution in [3.05, 3.63) is 29.8 Å². The Morgan fingerprint density at radius 1 is 1.35 bits per heavy atom. The molecule has 0 aliphatic rings. The fourth-order valence-electron chi connectivity index (χ4n) is 2.04. The number of likely N-dealkylation sites (N-methyl/N-ethyl adjacent to an activating group) is 1. The summed E-state index contributed by atoms with van der Waals surface area (Å²) in [6.07, 6.45) is -0.481. The molecule has 0 saturated heterocycles. The van der Waals surface area contributed by atoms with Gasteiger partial charge in [-0.2, -0.15) is 0 Å². The molecule has 0 heterocycles. The predicted octanol–water partition coefficient (Wildman–Crippen LogP) is 2.28. The first-order valence-corrected chi connectivity index (χ1v) is 6.00. The summed E-state index contributed by atoms with van der Waals surface area (Å²) >= 11 is 0. The Morgan fingerprint density at radius 3 is 2.53 bits per heavy atom. The number of hydrogen-bond donors (Lipinski definition) is 2. The zero-order valence-electron chi connectivity index (χ0n) is 11.3. The molecule has 0 amide bonds. The second-order valence-corrected chi connectivity index (χ2v) is 5.94. The Morgan fingerprint density at radius 2 is 2.00 bits per heavy atom. The van der Waals surface area contributed by atoms with Crippen LogP contribution >= 0.6 is 0 Å². The van der Waals surface area contributed by atoms with Gasteiger partial charge in [-0.25, -0.2) is 0 Å². The Kier molecular flexibility index (Phi) is 4.54. The van der Waals surface area contributed by atoms with Gasteiger partial charge in [0.25, 0.3) is 0 Å². The van der Waals surface area contributed by atoms with E-state index < -0.39 is 6.10 Å². The SMILES string of the molecule is CN(CC(O)c1cccc(N)c1)CC(C)(C)C. The average molecular weight is 236 g/mol. The Balaban J connectivity index is 2.57. The molecule has 3 heteroatoms. The van der Waals surface area contributed by atoms with Crippen LogP contribution in [0.5, 0.6) is 0 Å². The van der Waals surface area contributed by atoms with Crippen molar-refractivity contribution in [2.75, 3.05) is 25.9 Å². The number of rotatable bonds is 4. The number of benzene rings is 1. The number of anilines is 1. The molecule has 1 aromatic rings. The van der Waals surface area contributed by atoms with Crippen molar-refractivity contribution in [3.8, 4) is 0 Å². The largest absolute Gasteiger partial charge is 0.399 e. The molecule has 1 atom stereocenters. The molecule has 0 aromatic heterocycles. The maximum atomic E-state index is 10.1. The normalized spacial score (nSPS) is 14.0. The van der Waals surface area contributed by atoms with Gasteiger partial charge in [0, 0.05) is 18.8 Å². The van der Waals surface area contributed by atoms with Gasteiger partial charge in [0.05, 0.1) is 6.10 Å². The number of aliphatic hydroxyl groups is 1. The van der Waals surface area contributed by atoms with E-state index in [4.69, 9.17) is 5.73 Å². The maximum absolute atomic E-state index is 10.1. The molecule has 0 fully saturated rings. The highest BCUT2D eigenvalue weighted by molar-refractivity contribution is 5.41. The lowest BCUT2D eigenvalue weighted by Crippen LogP contribution is -2.32. The van der Waals surface area contributed by atoms with Crippen LogP contribution in [0.1, 0.15) is 32.4 Å². The molecule has 0 radical (unpaired) electrons. The van der Waals surface area contributed by atoms with E-state index in [2.05, 4.69) is 25.7 Å². The molecule has 0 bridgehead atoms. The second kappa shape index (κ2) is 5.52. The highest BCUT2D eigenvalue weighted by Gasteiger charge is 2.16. The quantitative estimate of drug-likeness (QED) is 0.789. The zero-order chi connectivity index (χ0) is 13.1. The van der Waals surface area contributed by atoms with Crippen LogP contribution in [0.25, 0.3) is 0 Å². The van der Waals surface area contributed by atoms with Gasteiger partial charge in [-0.15, -0.1) is 0 Å². The Labute approximate surface area is 104 Å². The molecule has 96 valence electrons. The van der Waals surface area contributed by atoms with Gasteiger partial charge in [0.2, 0.25) is 0 Å². The van der Waals surface area contributed by atoms with E-state index >= 15 is 0 Å². The lowest BCUT2D eigenvalue weighted by atomic mass is 9.96. The van der Waals surface area contributed by atoms with Crippen LogP contribution < -0.4 is 5.73 Å². The lowest BCUT2D eigenvalue weighted by molar-refractivity contribution is 0.108. The summed E-state index contributed by atoms with van der Waals surface area (Å²) in [5.41, 5.74) is 7.52. The highest BCUT2D eigenvalue weighted by Crippen LogP contribution is 2.19. The van der Waals surface area contributed by atoms with Gasteiger partial charge in [-0.1, -0.05) is 32.9 Å². The molecule has 3 nitrogen and oxygen atoms in total. The number of aliphatic hydroxyl groups excluding tert-OH is 1. The summed E-state index contributed by atoms with van der Waals surface area (Å²) in [6.45, 7) is 8.15. The molecule has 1 aromatic carbocycles. The summed E-state index contributed by atoms with van der Waals surface area (Å²) in [7, 11) is 2.03. The summed E-state index contributed by atoms with van der Waals surface area (Å²) in [5, 5.41) is 10.1. The first-order chi connectivity index (χ1) is 7.78. The number of hydrogen-bond acceptors (Lipinski definition) is 3. The van der Waals surface area contributed by atoms with Gasteiger partial charge < -0.3 is 15.7 Å². The first kappa shape index (κ1) is 14.0. The first-order valence-electron chi connectivity index (χ1n) is 6.00. The van der Waals surface area contributed by atoms with Gasteiger partial charge in [0.1, 0.15) is 0 Å². The molecule has 0 aliphatic carbocycles. The van der Waals surface area contributed by atoms with Crippen LogP contribution in [-0.4, -0.2) is 30.1 Å². The third-order valence-electron chi connectivity index (χ3n) is 2.52. The fraction of sp³-hybridized carbons (Fsp3) is 0.571. The van der Waals surface area contributed by atoms with Crippen LogP contribution in [0.4, 0.5) is 5.69 Å². The minimum absolute atomic E-state index is 0.240. The topological polar surface area (TPSA) is 49.5 Å². The minimum Gasteiger partial charge on any atom is -0.399 e. The molecule has 3 N–H and O–H groups in total. The zero-order valence-corrected chi connectivity index (χ0v) is 11.3. The van der Waals surface area contributed by atoms with E-state index in [-0.39, 0.29) is 5.41 Å². The van der Waals surface area contributed by atoms with E-state index in [1.165, 1.54) is 0 Å². The van der Waals surface area contributed by atoms with Crippen LogP contribution in [-0.2, 0) is 0 Å². The van der Waals surface area contributed by atoms with Crippen molar-refractivity contribution < 1.29 is 5.11 Å². The number of nitrogen functional groups attached to an aromatic ring is 1. The van der Waals surface area contributed by atoms with Gasteiger partial charge in [0.15, 0.2) is 0 Å². The predicted molar refractivity (Wildman–Crippen MR) is 72.8 cm³/mol. The lowest BCUT2D eigenvalue weighted by Gasteiger charge is -2.28. The summed E-state index contributed by atoms with van der Waals surface area (Å²) < 4.78 is 0. The summed E-state index contributed by atoms with van der Waals surface area (Å²) in [6, 6.07) is 7.44. The Bertz CT molecular complexity index is 357. The third kappa shape index (κ3) is 5.20. The van der Waals surface area contributed by atoms with E-state index in [0.717, 1.165) is 12.1 Å². The molecule has 1 unspecified atom stereocenters. The van der Waals surface area contributed by atoms with Gasteiger partial charge >= 0.3 is 0 Å². The van der Waals surface area contributed by atoms with E-state index in [1.54, 1.807) is 0 Å². The van der Waals surface area contributed by atoms with Crippen LogP contribution in [0, 0.1) is 5.41 Å². The highest BCUT2D eigenvalue weighted by atomic mass is 16.3. The van der Waals surface area contributed by atoms with Crippen LogP contribution in [0.15, 0.2) is 24.3 Å². The fourth-order valence-corrected chi connectivity index (χ4v) is 2.04. The number of nitrogens with zero attached hydrogens (tertiary/aromatic N) is 1. The van der Waals surface area contributed by atoms with Crippen molar-refractivity contribution in [1.82, 2.24) is 4.90 Å². The Hall–Kier alpha value is -1.06. The molecule has 0 spiro atoms. The van der Waals surface area contributed by atoms with Gasteiger partial charge in [-0.3, -0.25) is 0 Å². The molecule has 17 heavy (non-hydrogen) atoms. The number of nitrogens with two attached hydrogens (primary N) is 1. The maximum Gasteiger partial charge on any atom is 0.0917 e. The van der Waals surface area contributed by atoms with Crippen molar-refractivity contribution in [2.45, 2.75) is 26.9 Å². The molecule has 1 rings (SSSR count). The van der Waals surface area contributed by atoms with Crippen molar-refractivity contribution in [1.29, 1.82) is 0 Å². The smallest absolute Gasteiger partial charge is 0.0917 e. The van der Waals surface area contributed by atoms with Crippen LogP contribution in [0.3, 0.4) is 0 Å². The van der Waals surface area contributed by atoms with Gasteiger partial charge in [-0.05, 0) is 30.2 Å². The molecule has 0 aliphatic heterocycles. The summed E-state index contributed by atoms with van der Waals surface area (Å²) in [4.78, 5) is 2.15. The monoisotopic (exact) mass is 236 g/mol. The molecular formula is C14H24N2O. The van der Waals surface area contributed by atoms with E-state index in [9.17, 15) is 5.11 Å². The van der Waals surface area contributed by atoms with Crippen molar-refractivity contribution >= 4 is 5.69 Å². The minimum atomic E-state index is -0.481. The van der Waals surface area contributed by atoms with Crippen molar-refractivity contribution in [3.63, 3.8) is 0 Å². The average Bonchev–Trinajstić information content (AvgIpc) is 2.14. The van der Waals surface area contributed by atoms with E-state index in [0.29, 0.717) is 12.2 Å². The standard InChI is InChI=1S/C14H24N2O/c1-14(2,3)10-16(4)9-13(17)11-6-5-7-12(15)8-11/h5-8,13,17H,9-10,15H2,1-4H3.